The molecule has 0 saturated heterocycles. The predicted octanol–water partition coefficient (Wildman–Crippen LogP) is 0.467. The van der Waals surface area contributed by atoms with Gasteiger partial charge in [0, 0.05) is 15.7 Å². The molecule has 0 bridgehead atoms. The second-order valence-corrected chi connectivity index (χ2v) is 5.35. The van der Waals surface area contributed by atoms with Gasteiger partial charge in [0.15, 0.2) is 12.2 Å². The standard InChI is InChI=1S/C11H14ClN.C4H6O6/c1-8-7-13-5-4-9-2-3-10(12)6-11(8)9;5-1(3(7)8)2(6)4(9)10/h2-3,6,8,13H,4-5,7H2,1H3;1-2,5-6H,(H,7,8)(H,9,10)/t8-;/m0./s1/i1D3;. The molecule has 23 heavy (non-hydrogen) atoms. The van der Waals surface area contributed by atoms with Crippen molar-refractivity contribution in [3.8, 4) is 0 Å². The van der Waals surface area contributed by atoms with Crippen LogP contribution in [0.5, 0.6) is 0 Å². The fraction of sp³-hybridized carbons (Fsp3) is 0.467. The lowest BCUT2D eigenvalue weighted by Gasteiger charge is -2.11. The maximum absolute atomic E-state index is 9.77. The lowest BCUT2D eigenvalue weighted by Crippen LogP contribution is -2.39. The van der Waals surface area contributed by atoms with Crippen LogP contribution < -0.4 is 5.32 Å². The highest BCUT2D eigenvalue weighted by atomic mass is 35.5. The molecule has 1 heterocycles. The first-order chi connectivity index (χ1) is 11.9. The van der Waals surface area contributed by atoms with Crippen LogP contribution >= 0.6 is 11.6 Å². The van der Waals surface area contributed by atoms with Crippen LogP contribution in [0.25, 0.3) is 0 Å². The van der Waals surface area contributed by atoms with Crippen molar-refractivity contribution in [2.45, 2.75) is 31.4 Å². The highest BCUT2D eigenvalue weighted by Gasteiger charge is 2.29. The Morgan fingerprint density at radius 1 is 1.30 bits per heavy atom. The van der Waals surface area contributed by atoms with Crippen LogP contribution in [0.15, 0.2) is 18.2 Å². The molecular weight excluding hydrogens is 326 g/mol. The minimum atomic E-state index is -2.27. The predicted molar refractivity (Wildman–Crippen MR) is 83.7 cm³/mol. The van der Waals surface area contributed by atoms with Crippen molar-refractivity contribution in [1.29, 1.82) is 0 Å². The fourth-order valence-corrected chi connectivity index (χ4v) is 2.15. The number of hydrogen-bond donors (Lipinski definition) is 5. The molecule has 1 aromatic carbocycles. The van der Waals surface area contributed by atoms with E-state index < -0.39 is 36.9 Å². The Morgan fingerprint density at radius 3 is 2.43 bits per heavy atom. The third-order valence-electron chi connectivity index (χ3n) is 3.21. The van der Waals surface area contributed by atoms with Gasteiger partial charge in [-0.1, -0.05) is 24.5 Å². The second kappa shape index (κ2) is 8.83. The van der Waals surface area contributed by atoms with Crippen LogP contribution in [0, 0.1) is 0 Å². The van der Waals surface area contributed by atoms with Crippen LogP contribution in [0.2, 0.25) is 5.02 Å². The van der Waals surface area contributed by atoms with E-state index in [2.05, 4.69) is 5.32 Å². The van der Waals surface area contributed by atoms with Gasteiger partial charge < -0.3 is 25.7 Å². The molecule has 8 heteroatoms. The van der Waals surface area contributed by atoms with Gasteiger partial charge >= 0.3 is 11.9 Å². The summed E-state index contributed by atoms with van der Waals surface area (Å²) in [4.78, 5) is 19.5. The number of aliphatic hydroxyl groups is 2. The third-order valence-corrected chi connectivity index (χ3v) is 3.44. The summed E-state index contributed by atoms with van der Waals surface area (Å²) in [5, 5.41) is 36.3. The molecule has 128 valence electrons. The molecule has 0 radical (unpaired) electrons. The fourth-order valence-electron chi connectivity index (χ4n) is 1.97. The zero-order valence-electron chi connectivity index (χ0n) is 15.1. The second-order valence-electron chi connectivity index (χ2n) is 4.92. The molecular formula is C15H20ClNO6. The summed E-state index contributed by atoms with van der Waals surface area (Å²) in [5.41, 5.74) is 1.97. The largest absolute Gasteiger partial charge is 0.479 e. The zero-order chi connectivity index (χ0) is 20.1. The Labute approximate surface area is 142 Å². The SMILES string of the molecule is O=C(O)C(O)C(O)C(=O)O.[2H]C([2H])([2H])[C@H]1CNCCc2ccc(Cl)cc21. The Balaban J connectivity index is 0.000000294. The third kappa shape index (κ3) is 5.80. The maximum atomic E-state index is 9.77. The number of carboxylic acid groups (broad SMARTS) is 2. The molecule has 0 aromatic heterocycles. The average Bonchev–Trinajstić information content (AvgIpc) is 2.75. The van der Waals surface area contributed by atoms with E-state index in [4.69, 9.17) is 36.1 Å². The van der Waals surface area contributed by atoms with Gasteiger partial charge in [0.25, 0.3) is 0 Å². The lowest BCUT2D eigenvalue weighted by atomic mass is 9.96. The van der Waals surface area contributed by atoms with Crippen molar-refractivity contribution in [2.75, 3.05) is 13.1 Å². The summed E-state index contributed by atoms with van der Waals surface area (Å²) in [6.07, 6.45) is -3.67. The van der Waals surface area contributed by atoms with E-state index in [-0.39, 0.29) is 0 Å². The van der Waals surface area contributed by atoms with Gasteiger partial charge in [-0.2, -0.15) is 0 Å². The number of aliphatic carboxylic acids is 2. The van der Waals surface area contributed by atoms with Crippen LogP contribution in [0.3, 0.4) is 0 Å². The van der Waals surface area contributed by atoms with Crippen molar-refractivity contribution in [1.82, 2.24) is 5.32 Å². The Morgan fingerprint density at radius 2 is 1.91 bits per heavy atom. The smallest absolute Gasteiger partial charge is 0.335 e. The normalized spacial score (nSPS) is 21.9. The monoisotopic (exact) mass is 348 g/mol. The Kier molecular flexibility index (Phi) is 5.72. The highest BCUT2D eigenvalue weighted by molar-refractivity contribution is 6.30. The first-order valence-corrected chi connectivity index (χ1v) is 7.13. The molecule has 5 N–H and O–H groups in total. The zero-order valence-corrected chi connectivity index (χ0v) is 12.8. The topological polar surface area (TPSA) is 127 Å². The summed E-state index contributed by atoms with van der Waals surface area (Å²) in [5.74, 6) is -3.99. The molecule has 1 aliphatic heterocycles. The Hall–Kier alpha value is -1.67. The average molecular weight is 349 g/mol. The van der Waals surface area contributed by atoms with Crippen molar-refractivity contribution in [2.24, 2.45) is 0 Å². The summed E-state index contributed by atoms with van der Waals surface area (Å²) in [6.45, 7) is -0.665. The van der Waals surface area contributed by atoms with Crippen molar-refractivity contribution >= 4 is 23.5 Å². The van der Waals surface area contributed by atoms with Crippen molar-refractivity contribution in [3.63, 3.8) is 0 Å². The summed E-state index contributed by atoms with van der Waals surface area (Å²) in [7, 11) is 0. The summed E-state index contributed by atoms with van der Waals surface area (Å²) >= 11 is 5.94. The number of aliphatic hydroxyl groups excluding tert-OH is 2. The number of rotatable bonds is 3. The van der Waals surface area contributed by atoms with Gasteiger partial charge in [-0.05, 0) is 42.1 Å². The maximum Gasteiger partial charge on any atom is 0.335 e. The first kappa shape index (κ1) is 14.9. The summed E-state index contributed by atoms with van der Waals surface area (Å²) in [6, 6.07) is 5.55. The quantitative estimate of drug-likeness (QED) is 0.537. The van der Waals surface area contributed by atoms with Crippen molar-refractivity contribution in [3.05, 3.63) is 34.3 Å². The molecule has 0 aliphatic carbocycles. The van der Waals surface area contributed by atoms with E-state index in [1.165, 1.54) is 0 Å². The number of nitrogens with one attached hydrogen (secondary N) is 1. The van der Waals surface area contributed by atoms with E-state index in [0.29, 0.717) is 11.6 Å². The molecule has 3 atom stereocenters. The number of fused-ring (bicyclic) bond motifs is 1. The van der Waals surface area contributed by atoms with Crippen LogP contribution in [-0.4, -0.2) is 57.7 Å². The molecule has 0 amide bonds. The van der Waals surface area contributed by atoms with Crippen LogP contribution in [-0.2, 0) is 16.0 Å². The molecule has 0 saturated carbocycles. The number of carboxylic acids is 2. The van der Waals surface area contributed by atoms with Gasteiger partial charge in [0.05, 0.1) is 0 Å². The molecule has 0 fully saturated rings. The van der Waals surface area contributed by atoms with Crippen molar-refractivity contribution < 1.29 is 34.1 Å². The number of benzene rings is 1. The number of hydrogen-bond acceptors (Lipinski definition) is 5. The van der Waals surface area contributed by atoms with E-state index in [9.17, 15) is 9.59 Å². The lowest BCUT2D eigenvalue weighted by molar-refractivity contribution is -0.165. The van der Waals surface area contributed by atoms with Gasteiger partial charge in [0.1, 0.15) is 0 Å². The molecule has 2 unspecified atom stereocenters. The van der Waals surface area contributed by atoms with Gasteiger partial charge in [-0.15, -0.1) is 0 Å². The minimum absolute atomic E-state index is 0.455. The first-order valence-electron chi connectivity index (χ1n) is 8.26. The molecule has 7 nitrogen and oxygen atoms in total. The molecule has 1 aliphatic rings. The van der Waals surface area contributed by atoms with Crippen LogP contribution in [0.1, 0.15) is 28.0 Å². The van der Waals surface area contributed by atoms with Gasteiger partial charge in [0.2, 0.25) is 0 Å². The van der Waals surface area contributed by atoms with Crippen LogP contribution in [0.4, 0.5) is 0 Å². The number of halogens is 1. The highest BCUT2D eigenvalue weighted by Crippen LogP contribution is 2.25. The molecule has 2 rings (SSSR count). The molecule has 0 spiro atoms. The summed E-state index contributed by atoms with van der Waals surface area (Å²) < 4.78 is 22.7. The molecule has 1 aromatic rings. The minimum Gasteiger partial charge on any atom is -0.479 e. The van der Waals surface area contributed by atoms with Gasteiger partial charge in [-0.3, -0.25) is 0 Å². The Bertz CT molecular complexity index is 637. The van der Waals surface area contributed by atoms with E-state index >= 15 is 0 Å². The van der Waals surface area contributed by atoms with E-state index in [0.717, 1.165) is 24.1 Å². The number of carbonyl (C=O) groups is 2. The van der Waals surface area contributed by atoms with Gasteiger partial charge in [-0.25, -0.2) is 9.59 Å². The van der Waals surface area contributed by atoms with E-state index in [1.807, 2.05) is 12.1 Å². The van der Waals surface area contributed by atoms with E-state index in [1.54, 1.807) is 6.07 Å².